The lowest BCUT2D eigenvalue weighted by Gasteiger charge is -2.07. The number of nitrogens with zero attached hydrogens (tertiary/aromatic N) is 3. The molecule has 0 atom stereocenters. The molecule has 20 heavy (non-hydrogen) atoms. The van der Waals surface area contributed by atoms with E-state index in [1.54, 1.807) is 12.1 Å². The van der Waals surface area contributed by atoms with Crippen molar-refractivity contribution < 1.29 is 14.1 Å². The van der Waals surface area contributed by atoms with Gasteiger partial charge in [0.05, 0.1) is 11.0 Å². The first-order valence-corrected chi connectivity index (χ1v) is 5.52. The first kappa shape index (κ1) is 13.4. The fraction of sp³-hybridized carbons (Fsp3) is 0.0769. The van der Waals surface area contributed by atoms with Crippen LogP contribution in [0.15, 0.2) is 36.5 Å². The molecule has 100 valence electrons. The Bertz CT molecular complexity index is 698. The largest absolute Gasteiger partial charge is 0.482 e. The zero-order chi connectivity index (χ0) is 14.5. The van der Waals surface area contributed by atoms with E-state index in [4.69, 9.17) is 10.00 Å². The van der Waals surface area contributed by atoms with Gasteiger partial charge in [-0.1, -0.05) is 6.07 Å². The Morgan fingerprint density at radius 1 is 1.45 bits per heavy atom. The van der Waals surface area contributed by atoms with Crippen LogP contribution in [-0.4, -0.2) is 9.91 Å². The summed E-state index contributed by atoms with van der Waals surface area (Å²) in [5.74, 6) is -0.785. The highest BCUT2D eigenvalue weighted by Gasteiger charge is 2.16. The van der Waals surface area contributed by atoms with Gasteiger partial charge in [-0.2, -0.15) is 5.26 Å². The van der Waals surface area contributed by atoms with Gasteiger partial charge in [0.15, 0.2) is 5.75 Å². The molecule has 0 N–H and O–H groups in total. The van der Waals surface area contributed by atoms with E-state index in [0.717, 1.165) is 12.1 Å². The maximum Gasteiger partial charge on any atom is 0.313 e. The predicted octanol–water partition coefficient (Wildman–Crippen LogP) is 2.58. The molecule has 2 aromatic rings. The zero-order valence-electron chi connectivity index (χ0n) is 10.1. The molecule has 1 aromatic carbocycles. The minimum absolute atomic E-state index is 0.0656. The molecule has 0 aliphatic heterocycles. The van der Waals surface area contributed by atoms with E-state index in [1.807, 2.05) is 6.07 Å². The van der Waals surface area contributed by atoms with Crippen molar-refractivity contribution in [3.05, 3.63) is 63.7 Å². The van der Waals surface area contributed by atoms with Crippen molar-refractivity contribution in [1.82, 2.24) is 4.98 Å². The van der Waals surface area contributed by atoms with Crippen LogP contribution in [0.1, 0.15) is 11.3 Å². The lowest BCUT2D eigenvalue weighted by Crippen LogP contribution is -2.02. The van der Waals surface area contributed by atoms with E-state index >= 15 is 0 Å². The van der Waals surface area contributed by atoms with Gasteiger partial charge in [0.1, 0.15) is 24.2 Å². The summed E-state index contributed by atoms with van der Waals surface area (Å²) in [7, 11) is 0. The molecule has 0 bridgehead atoms. The van der Waals surface area contributed by atoms with Crippen molar-refractivity contribution in [2.45, 2.75) is 6.61 Å². The minimum Gasteiger partial charge on any atom is -0.482 e. The normalized spacial score (nSPS) is 9.80. The number of hydrogen-bond donors (Lipinski definition) is 0. The van der Waals surface area contributed by atoms with E-state index < -0.39 is 16.4 Å². The molecule has 0 amide bonds. The van der Waals surface area contributed by atoms with E-state index in [-0.39, 0.29) is 18.1 Å². The quantitative estimate of drug-likeness (QED) is 0.630. The zero-order valence-corrected chi connectivity index (χ0v) is 10.1. The van der Waals surface area contributed by atoms with Crippen molar-refractivity contribution in [2.75, 3.05) is 0 Å². The second-order valence-corrected chi connectivity index (χ2v) is 3.78. The van der Waals surface area contributed by atoms with Crippen molar-refractivity contribution in [3.63, 3.8) is 0 Å². The van der Waals surface area contributed by atoms with Crippen LogP contribution in [0.5, 0.6) is 5.75 Å². The SMILES string of the molecule is N#Cc1ncccc1COc1ccc(F)cc1[N+](=O)[O-]. The van der Waals surface area contributed by atoms with Crippen LogP contribution in [0.2, 0.25) is 0 Å². The number of halogens is 1. The Labute approximate surface area is 113 Å². The number of aromatic nitrogens is 1. The summed E-state index contributed by atoms with van der Waals surface area (Å²) < 4.78 is 18.3. The number of hydrogen-bond acceptors (Lipinski definition) is 5. The third kappa shape index (κ3) is 2.87. The highest BCUT2D eigenvalue weighted by Crippen LogP contribution is 2.28. The molecule has 0 saturated carbocycles. The van der Waals surface area contributed by atoms with Crippen LogP contribution in [-0.2, 0) is 6.61 Å². The van der Waals surface area contributed by atoms with Crippen LogP contribution < -0.4 is 4.74 Å². The Morgan fingerprint density at radius 3 is 2.95 bits per heavy atom. The number of nitro groups is 1. The van der Waals surface area contributed by atoms with E-state index in [1.165, 1.54) is 12.3 Å². The average molecular weight is 273 g/mol. The average Bonchev–Trinajstić information content (AvgIpc) is 2.46. The van der Waals surface area contributed by atoms with Gasteiger partial charge in [0, 0.05) is 11.8 Å². The Kier molecular flexibility index (Phi) is 3.86. The van der Waals surface area contributed by atoms with Crippen LogP contribution in [0, 0.1) is 27.3 Å². The van der Waals surface area contributed by atoms with E-state index in [9.17, 15) is 14.5 Å². The Morgan fingerprint density at radius 2 is 2.25 bits per heavy atom. The highest BCUT2D eigenvalue weighted by atomic mass is 19.1. The molecule has 1 aromatic heterocycles. The Balaban J connectivity index is 2.24. The van der Waals surface area contributed by atoms with Crippen molar-refractivity contribution in [3.8, 4) is 11.8 Å². The summed E-state index contributed by atoms with van der Waals surface area (Å²) in [6.07, 6.45) is 1.46. The lowest BCUT2D eigenvalue weighted by atomic mass is 10.2. The van der Waals surface area contributed by atoms with Crippen LogP contribution >= 0.6 is 0 Å². The summed E-state index contributed by atoms with van der Waals surface area (Å²) in [5.41, 5.74) is 0.207. The Hall–Kier alpha value is -3.01. The molecule has 0 radical (unpaired) electrons. The first-order valence-electron chi connectivity index (χ1n) is 5.52. The topological polar surface area (TPSA) is 89.0 Å². The van der Waals surface area contributed by atoms with Crippen molar-refractivity contribution in [2.24, 2.45) is 0 Å². The molecule has 0 spiro atoms. The number of benzene rings is 1. The number of pyridine rings is 1. The third-order valence-electron chi connectivity index (χ3n) is 2.50. The van der Waals surface area contributed by atoms with E-state index in [2.05, 4.69) is 4.98 Å². The smallest absolute Gasteiger partial charge is 0.313 e. The van der Waals surface area contributed by atoms with Gasteiger partial charge in [-0.15, -0.1) is 0 Å². The lowest BCUT2D eigenvalue weighted by molar-refractivity contribution is -0.386. The number of nitro benzene ring substituents is 1. The molecule has 6 nitrogen and oxygen atoms in total. The fourth-order valence-corrected chi connectivity index (χ4v) is 1.57. The summed E-state index contributed by atoms with van der Waals surface area (Å²) in [6, 6.07) is 8.17. The molecule has 0 unspecified atom stereocenters. The summed E-state index contributed by atoms with van der Waals surface area (Å²) in [4.78, 5) is 13.9. The molecule has 1 heterocycles. The number of ether oxygens (including phenoxy) is 1. The van der Waals surface area contributed by atoms with Crippen LogP contribution in [0.4, 0.5) is 10.1 Å². The predicted molar refractivity (Wildman–Crippen MR) is 66.3 cm³/mol. The van der Waals surface area contributed by atoms with E-state index in [0.29, 0.717) is 5.56 Å². The molecule has 2 rings (SSSR count). The second-order valence-electron chi connectivity index (χ2n) is 3.78. The molecule has 0 fully saturated rings. The fourth-order valence-electron chi connectivity index (χ4n) is 1.57. The molecular formula is C13H8FN3O3. The van der Waals surface area contributed by atoms with Gasteiger partial charge in [-0.05, 0) is 18.2 Å². The van der Waals surface area contributed by atoms with Gasteiger partial charge >= 0.3 is 5.69 Å². The van der Waals surface area contributed by atoms with Gasteiger partial charge in [0.25, 0.3) is 0 Å². The summed E-state index contributed by atoms with van der Waals surface area (Å²) in [6.45, 7) is -0.0663. The van der Waals surface area contributed by atoms with Gasteiger partial charge in [0.2, 0.25) is 0 Å². The van der Waals surface area contributed by atoms with Gasteiger partial charge in [-0.25, -0.2) is 9.37 Å². The monoisotopic (exact) mass is 273 g/mol. The third-order valence-corrected chi connectivity index (χ3v) is 2.50. The number of nitriles is 1. The molecule has 0 aliphatic rings. The summed E-state index contributed by atoms with van der Waals surface area (Å²) in [5, 5.41) is 19.7. The maximum atomic E-state index is 13.0. The highest BCUT2D eigenvalue weighted by molar-refractivity contribution is 5.46. The van der Waals surface area contributed by atoms with Crippen LogP contribution in [0.3, 0.4) is 0 Å². The van der Waals surface area contributed by atoms with Gasteiger partial charge < -0.3 is 4.74 Å². The number of rotatable bonds is 4. The molecule has 0 aliphatic carbocycles. The second kappa shape index (κ2) is 5.75. The first-order chi connectivity index (χ1) is 9.61. The van der Waals surface area contributed by atoms with Crippen molar-refractivity contribution in [1.29, 1.82) is 5.26 Å². The summed E-state index contributed by atoms with van der Waals surface area (Å²) >= 11 is 0. The molecule has 0 saturated heterocycles. The van der Waals surface area contributed by atoms with Crippen LogP contribution in [0.25, 0.3) is 0 Å². The molecular weight excluding hydrogens is 265 g/mol. The standard InChI is InChI=1S/C13H8FN3O3/c14-10-3-4-13(12(6-10)17(18)19)20-8-9-2-1-5-16-11(9)7-15/h1-6H,8H2. The van der Waals surface area contributed by atoms with Gasteiger partial charge in [-0.3, -0.25) is 10.1 Å². The maximum absolute atomic E-state index is 13.0. The van der Waals surface area contributed by atoms with Crippen molar-refractivity contribution >= 4 is 5.69 Å². The minimum atomic E-state index is -0.729. The molecule has 7 heteroatoms.